The summed E-state index contributed by atoms with van der Waals surface area (Å²) >= 11 is 6.01. The van der Waals surface area contributed by atoms with Crippen LogP contribution in [-0.2, 0) is 11.4 Å². The van der Waals surface area contributed by atoms with E-state index < -0.39 is 0 Å². The highest BCUT2D eigenvalue weighted by Gasteiger charge is 2.34. The third kappa shape index (κ3) is 3.87. The number of carbonyl (C=O) groups excluding carboxylic acids is 1. The number of aryl methyl sites for hydroxylation is 2. The van der Waals surface area contributed by atoms with E-state index in [9.17, 15) is 4.79 Å². The minimum atomic E-state index is -0.218. The first-order chi connectivity index (χ1) is 17.5. The summed E-state index contributed by atoms with van der Waals surface area (Å²) in [5, 5.41) is 21.3. The summed E-state index contributed by atoms with van der Waals surface area (Å²) in [5.41, 5.74) is 4.33. The van der Waals surface area contributed by atoms with E-state index in [0.717, 1.165) is 28.1 Å². The smallest absolute Gasteiger partial charge is 0.226 e. The zero-order valence-electron chi connectivity index (χ0n) is 19.6. The molecule has 180 valence electrons. The molecule has 0 bridgehead atoms. The van der Waals surface area contributed by atoms with Crippen LogP contribution in [0.25, 0.3) is 11.5 Å². The Morgan fingerprint density at radius 2 is 1.83 bits per heavy atom. The quantitative estimate of drug-likeness (QED) is 0.378. The van der Waals surface area contributed by atoms with Gasteiger partial charge in [0.15, 0.2) is 17.3 Å². The predicted molar refractivity (Wildman–Crippen MR) is 135 cm³/mol. The minimum Gasteiger partial charge on any atom is -0.489 e. The lowest BCUT2D eigenvalue weighted by Crippen LogP contribution is -2.25. The second kappa shape index (κ2) is 8.76. The molecule has 0 fully saturated rings. The fourth-order valence-corrected chi connectivity index (χ4v) is 4.75. The van der Waals surface area contributed by atoms with E-state index in [2.05, 4.69) is 20.6 Å². The summed E-state index contributed by atoms with van der Waals surface area (Å²) in [6, 6.07) is 19.0. The highest BCUT2D eigenvalue weighted by atomic mass is 35.5. The van der Waals surface area contributed by atoms with E-state index in [0.29, 0.717) is 34.7 Å². The molecule has 6 rings (SSSR count). The maximum atomic E-state index is 12.9. The number of aromatic nitrogens is 6. The van der Waals surface area contributed by atoms with Gasteiger partial charge in [0.1, 0.15) is 18.2 Å². The molecule has 1 aliphatic heterocycles. The Hall–Kier alpha value is -4.24. The molecule has 4 heterocycles. The van der Waals surface area contributed by atoms with Gasteiger partial charge in [-0.05, 0) is 49.7 Å². The summed E-state index contributed by atoms with van der Waals surface area (Å²) < 4.78 is 9.54. The number of rotatable bonds is 5. The number of benzene rings is 2. The molecule has 0 aliphatic carbocycles. The molecule has 0 saturated heterocycles. The van der Waals surface area contributed by atoms with E-state index >= 15 is 0 Å². The Morgan fingerprint density at radius 3 is 2.67 bits per heavy atom. The van der Waals surface area contributed by atoms with Gasteiger partial charge in [-0.15, -0.1) is 15.3 Å². The highest BCUT2D eigenvalue weighted by Crippen LogP contribution is 2.43. The van der Waals surface area contributed by atoms with Crippen molar-refractivity contribution in [3.05, 3.63) is 93.9 Å². The Labute approximate surface area is 211 Å². The van der Waals surface area contributed by atoms with Gasteiger partial charge in [0.05, 0.1) is 5.69 Å². The lowest BCUT2D eigenvalue weighted by molar-refractivity contribution is -0.116. The van der Waals surface area contributed by atoms with Gasteiger partial charge in [0, 0.05) is 28.5 Å². The second-order valence-corrected chi connectivity index (χ2v) is 9.16. The van der Waals surface area contributed by atoms with Gasteiger partial charge in [0.25, 0.3) is 0 Å². The molecule has 5 aromatic rings. The van der Waals surface area contributed by atoms with Crippen molar-refractivity contribution < 1.29 is 9.53 Å². The standard InChI is InChI=1S/C26H22ClN7O2/c1-15-25-20(19-5-3-4-6-21(19)36-14-17-7-9-18(27)10-8-17)13-24(35)28-26(25)34(31-15)23-12-11-22-30-29-16(2)33(22)32-23/h3-12,20H,13-14H2,1-2H3,(H,28,35)/t20-/m0/s1. The van der Waals surface area contributed by atoms with Gasteiger partial charge in [0.2, 0.25) is 5.91 Å². The van der Waals surface area contributed by atoms with Gasteiger partial charge in [-0.2, -0.15) is 14.3 Å². The molecule has 1 aliphatic rings. The first-order valence-electron chi connectivity index (χ1n) is 11.5. The van der Waals surface area contributed by atoms with Crippen LogP contribution in [0.1, 0.15) is 40.5 Å². The lowest BCUT2D eigenvalue weighted by Gasteiger charge is -2.26. The number of anilines is 1. The van der Waals surface area contributed by atoms with Gasteiger partial charge >= 0.3 is 0 Å². The molecule has 0 saturated carbocycles. The number of nitrogens with zero attached hydrogens (tertiary/aromatic N) is 6. The SMILES string of the molecule is Cc1nn(-c2ccc3nnc(C)n3n2)c2c1[C@H](c1ccccc1OCc1ccc(Cl)cc1)CC(=O)N2. The molecule has 9 nitrogen and oxygen atoms in total. The highest BCUT2D eigenvalue weighted by molar-refractivity contribution is 6.30. The zero-order valence-corrected chi connectivity index (χ0v) is 20.4. The molecule has 36 heavy (non-hydrogen) atoms. The normalized spacial score (nSPS) is 15.1. The van der Waals surface area contributed by atoms with Crippen LogP contribution < -0.4 is 10.1 Å². The number of para-hydroxylation sites is 1. The van der Waals surface area contributed by atoms with Crippen molar-refractivity contribution in [1.29, 1.82) is 0 Å². The summed E-state index contributed by atoms with van der Waals surface area (Å²) in [5.74, 6) is 2.25. The van der Waals surface area contributed by atoms with Crippen molar-refractivity contribution in [2.45, 2.75) is 32.8 Å². The van der Waals surface area contributed by atoms with Crippen molar-refractivity contribution in [3.8, 4) is 11.6 Å². The fraction of sp³-hybridized carbons (Fsp3) is 0.192. The molecular formula is C26H22ClN7O2. The number of fused-ring (bicyclic) bond motifs is 2. The molecule has 0 spiro atoms. The molecule has 10 heteroatoms. The molecule has 0 radical (unpaired) electrons. The summed E-state index contributed by atoms with van der Waals surface area (Å²) in [7, 11) is 0. The average Bonchev–Trinajstić information content (AvgIpc) is 3.42. The predicted octanol–water partition coefficient (Wildman–Crippen LogP) is 4.63. The zero-order chi connectivity index (χ0) is 24.8. The number of hydrogen-bond donors (Lipinski definition) is 1. The van der Waals surface area contributed by atoms with Crippen LogP contribution in [0.2, 0.25) is 5.02 Å². The van der Waals surface area contributed by atoms with Gasteiger partial charge < -0.3 is 10.1 Å². The lowest BCUT2D eigenvalue weighted by atomic mass is 9.85. The number of hydrogen-bond acceptors (Lipinski definition) is 6. The Balaban J connectivity index is 1.39. The van der Waals surface area contributed by atoms with Crippen molar-refractivity contribution in [1.82, 2.24) is 29.6 Å². The number of amides is 1. The van der Waals surface area contributed by atoms with Crippen LogP contribution in [0, 0.1) is 13.8 Å². The van der Waals surface area contributed by atoms with Crippen molar-refractivity contribution in [2.75, 3.05) is 5.32 Å². The van der Waals surface area contributed by atoms with Crippen LogP contribution in [0.3, 0.4) is 0 Å². The maximum Gasteiger partial charge on any atom is 0.226 e. The maximum absolute atomic E-state index is 12.9. The molecule has 1 atom stereocenters. The van der Waals surface area contributed by atoms with Crippen LogP contribution in [0.15, 0.2) is 60.7 Å². The monoisotopic (exact) mass is 499 g/mol. The number of ether oxygens (including phenoxy) is 1. The molecular weight excluding hydrogens is 478 g/mol. The van der Waals surface area contributed by atoms with Crippen LogP contribution >= 0.6 is 11.6 Å². The van der Waals surface area contributed by atoms with Gasteiger partial charge in [-0.25, -0.2) is 0 Å². The summed E-state index contributed by atoms with van der Waals surface area (Å²) in [6.07, 6.45) is 0.290. The van der Waals surface area contributed by atoms with E-state index in [4.69, 9.17) is 21.4 Å². The molecule has 1 amide bonds. The third-order valence-corrected chi connectivity index (χ3v) is 6.58. The molecule has 1 N–H and O–H groups in total. The molecule has 0 unspecified atom stereocenters. The van der Waals surface area contributed by atoms with Gasteiger partial charge in [-0.1, -0.05) is 41.9 Å². The number of halogens is 1. The average molecular weight is 500 g/mol. The fourth-order valence-electron chi connectivity index (χ4n) is 4.62. The third-order valence-electron chi connectivity index (χ3n) is 6.33. The van der Waals surface area contributed by atoms with E-state index in [1.165, 1.54) is 0 Å². The Kier molecular flexibility index (Phi) is 5.41. The Morgan fingerprint density at radius 1 is 1.03 bits per heavy atom. The summed E-state index contributed by atoms with van der Waals surface area (Å²) in [6.45, 7) is 4.17. The number of nitrogens with one attached hydrogen (secondary N) is 1. The van der Waals surface area contributed by atoms with Crippen molar-refractivity contribution >= 4 is 29.0 Å². The number of carbonyl (C=O) groups is 1. The Bertz CT molecular complexity index is 1610. The second-order valence-electron chi connectivity index (χ2n) is 8.73. The van der Waals surface area contributed by atoms with E-state index in [1.807, 2.05) is 74.5 Å². The largest absolute Gasteiger partial charge is 0.489 e. The van der Waals surface area contributed by atoms with E-state index in [1.54, 1.807) is 9.20 Å². The van der Waals surface area contributed by atoms with Crippen LogP contribution in [0.4, 0.5) is 5.82 Å². The van der Waals surface area contributed by atoms with Crippen molar-refractivity contribution in [3.63, 3.8) is 0 Å². The summed E-state index contributed by atoms with van der Waals surface area (Å²) in [4.78, 5) is 12.9. The van der Waals surface area contributed by atoms with E-state index in [-0.39, 0.29) is 18.2 Å². The molecule has 3 aromatic heterocycles. The topological polar surface area (TPSA) is 99.2 Å². The van der Waals surface area contributed by atoms with Crippen LogP contribution in [0.5, 0.6) is 5.75 Å². The molecule has 2 aromatic carbocycles. The first kappa shape index (κ1) is 22.2. The minimum absolute atomic E-state index is 0.0947. The van der Waals surface area contributed by atoms with Gasteiger partial charge in [-0.3, -0.25) is 4.79 Å². The van der Waals surface area contributed by atoms with Crippen LogP contribution in [-0.4, -0.2) is 35.5 Å². The first-order valence-corrected chi connectivity index (χ1v) is 11.9. The van der Waals surface area contributed by atoms with Crippen molar-refractivity contribution in [2.24, 2.45) is 0 Å².